The van der Waals surface area contributed by atoms with Crippen LogP contribution in [0.4, 0.5) is 14.5 Å². The predicted octanol–water partition coefficient (Wildman–Crippen LogP) is 5.13. The second-order valence-electron chi connectivity index (χ2n) is 4.89. The highest BCUT2D eigenvalue weighted by Crippen LogP contribution is 2.30. The number of ether oxygens (including phenoxy) is 1. The molecule has 3 rings (SSSR count). The first-order valence-corrected chi connectivity index (χ1v) is 7.81. The molecule has 0 saturated heterocycles. The third kappa shape index (κ3) is 3.84. The fourth-order valence-corrected chi connectivity index (χ4v) is 2.86. The van der Waals surface area contributed by atoms with Gasteiger partial charge in [0.1, 0.15) is 5.75 Å². The van der Waals surface area contributed by atoms with Crippen LogP contribution in [0.3, 0.4) is 0 Å². The predicted molar refractivity (Wildman–Crippen MR) is 87.1 cm³/mol. The van der Waals surface area contributed by atoms with E-state index in [1.807, 2.05) is 37.3 Å². The second-order valence-corrected chi connectivity index (χ2v) is 5.93. The number of hydrogen-bond donors (Lipinski definition) is 1. The summed E-state index contributed by atoms with van der Waals surface area (Å²) in [5.74, 6) is -1.62. The van der Waals surface area contributed by atoms with Crippen molar-refractivity contribution in [3.8, 4) is 10.9 Å². The normalized spacial score (nSPS) is 10.6. The molecule has 6 heteroatoms. The van der Waals surface area contributed by atoms with Crippen molar-refractivity contribution < 1.29 is 13.5 Å². The van der Waals surface area contributed by atoms with Crippen LogP contribution in [0.25, 0.3) is 0 Å². The van der Waals surface area contributed by atoms with E-state index in [4.69, 9.17) is 4.74 Å². The molecule has 0 fully saturated rings. The quantitative estimate of drug-likeness (QED) is 0.703. The van der Waals surface area contributed by atoms with Crippen LogP contribution in [-0.2, 0) is 6.54 Å². The second kappa shape index (κ2) is 6.75. The summed E-state index contributed by atoms with van der Waals surface area (Å²) in [7, 11) is 0. The summed E-state index contributed by atoms with van der Waals surface area (Å²) in [6.07, 6.45) is 0. The monoisotopic (exact) mass is 332 g/mol. The van der Waals surface area contributed by atoms with Crippen LogP contribution in [0.2, 0.25) is 0 Å². The third-order valence-corrected chi connectivity index (χ3v) is 4.23. The fraction of sp³-hybridized carbons (Fsp3) is 0.118. The molecule has 2 aromatic carbocycles. The average molecular weight is 332 g/mol. The molecule has 23 heavy (non-hydrogen) atoms. The molecule has 1 aromatic heterocycles. The van der Waals surface area contributed by atoms with E-state index in [-0.39, 0.29) is 5.75 Å². The van der Waals surface area contributed by atoms with Crippen molar-refractivity contribution in [3.63, 3.8) is 0 Å². The minimum atomic E-state index is -0.943. The summed E-state index contributed by atoms with van der Waals surface area (Å²) in [6.45, 7) is 2.51. The molecule has 0 aliphatic rings. The Morgan fingerprint density at radius 1 is 1.09 bits per heavy atom. The van der Waals surface area contributed by atoms with Crippen LogP contribution in [0, 0.1) is 18.6 Å². The van der Waals surface area contributed by atoms with Gasteiger partial charge >= 0.3 is 0 Å². The van der Waals surface area contributed by atoms with Gasteiger partial charge in [0.2, 0.25) is 0 Å². The number of hydrogen-bond acceptors (Lipinski definition) is 4. The maximum absolute atomic E-state index is 13.2. The molecular weight excluding hydrogens is 318 g/mol. The summed E-state index contributed by atoms with van der Waals surface area (Å²) in [4.78, 5) is 5.33. The Kier molecular flexibility index (Phi) is 4.52. The van der Waals surface area contributed by atoms with Crippen molar-refractivity contribution in [2.24, 2.45) is 0 Å². The third-order valence-electron chi connectivity index (χ3n) is 3.20. The summed E-state index contributed by atoms with van der Waals surface area (Å²) in [5.41, 5.74) is 1.86. The molecule has 0 spiro atoms. The molecule has 0 atom stereocenters. The van der Waals surface area contributed by atoms with Crippen LogP contribution >= 0.6 is 11.3 Å². The number of anilines is 1. The van der Waals surface area contributed by atoms with E-state index < -0.39 is 11.6 Å². The summed E-state index contributed by atoms with van der Waals surface area (Å²) >= 11 is 1.37. The van der Waals surface area contributed by atoms with E-state index in [0.717, 1.165) is 28.4 Å². The van der Waals surface area contributed by atoms with Gasteiger partial charge in [0.05, 0.1) is 17.1 Å². The minimum absolute atomic E-state index is 0.222. The lowest BCUT2D eigenvalue weighted by molar-refractivity contribution is 0.458. The molecule has 0 saturated carbocycles. The number of nitrogens with one attached hydrogen (secondary N) is 1. The Morgan fingerprint density at radius 3 is 2.61 bits per heavy atom. The Hall–Kier alpha value is -2.47. The Balaban J connectivity index is 1.69. The van der Waals surface area contributed by atoms with Gasteiger partial charge in [-0.25, -0.2) is 13.8 Å². The van der Waals surface area contributed by atoms with Crippen LogP contribution in [-0.4, -0.2) is 4.98 Å². The van der Waals surface area contributed by atoms with Gasteiger partial charge in [-0.2, -0.15) is 0 Å². The molecule has 0 unspecified atom stereocenters. The molecule has 0 bridgehead atoms. The smallest absolute Gasteiger partial charge is 0.279 e. The van der Waals surface area contributed by atoms with Crippen molar-refractivity contribution >= 4 is 17.0 Å². The van der Waals surface area contributed by atoms with E-state index in [1.165, 1.54) is 17.4 Å². The zero-order chi connectivity index (χ0) is 16.2. The summed E-state index contributed by atoms with van der Waals surface area (Å²) in [5, 5.41) is 3.70. The lowest BCUT2D eigenvalue weighted by Gasteiger charge is -2.04. The molecule has 0 amide bonds. The number of benzene rings is 2. The molecule has 0 radical (unpaired) electrons. The number of nitrogens with zero attached hydrogens (tertiary/aromatic N) is 1. The Labute approximate surface area is 136 Å². The zero-order valence-electron chi connectivity index (χ0n) is 12.3. The minimum Gasteiger partial charge on any atom is -0.431 e. The van der Waals surface area contributed by atoms with Crippen molar-refractivity contribution in [2.75, 3.05) is 5.32 Å². The highest BCUT2D eigenvalue weighted by molar-refractivity contribution is 7.13. The molecule has 0 aliphatic carbocycles. The highest BCUT2D eigenvalue weighted by Gasteiger charge is 2.11. The van der Waals surface area contributed by atoms with Gasteiger partial charge in [0.15, 0.2) is 11.6 Å². The Bertz CT molecular complexity index is 806. The topological polar surface area (TPSA) is 34.1 Å². The average Bonchev–Trinajstić information content (AvgIpc) is 2.89. The number of aromatic nitrogens is 1. The lowest BCUT2D eigenvalue weighted by Crippen LogP contribution is -1.98. The van der Waals surface area contributed by atoms with Gasteiger partial charge in [-0.3, -0.25) is 0 Å². The largest absolute Gasteiger partial charge is 0.431 e. The molecular formula is C17H14F2N2OS. The number of para-hydroxylation sites is 1. The van der Waals surface area contributed by atoms with Crippen molar-refractivity contribution in [1.82, 2.24) is 4.98 Å². The van der Waals surface area contributed by atoms with E-state index in [1.54, 1.807) is 0 Å². The van der Waals surface area contributed by atoms with Crippen LogP contribution in [0.1, 0.15) is 10.6 Å². The number of halogens is 2. The van der Waals surface area contributed by atoms with Gasteiger partial charge in [-0.1, -0.05) is 29.5 Å². The molecule has 1 heterocycles. The maximum atomic E-state index is 13.2. The van der Waals surface area contributed by atoms with Crippen molar-refractivity contribution in [2.45, 2.75) is 13.5 Å². The first kappa shape index (κ1) is 15.4. The van der Waals surface area contributed by atoms with E-state index in [9.17, 15) is 8.78 Å². The van der Waals surface area contributed by atoms with E-state index in [2.05, 4.69) is 10.3 Å². The van der Waals surface area contributed by atoms with Gasteiger partial charge < -0.3 is 10.1 Å². The van der Waals surface area contributed by atoms with Crippen LogP contribution in [0.15, 0.2) is 48.5 Å². The van der Waals surface area contributed by atoms with Crippen LogP contribution < -0.4 is 10.1 Å². The summed E-state index contributed by atoms with van der Waals surface area (Å²) in [6, 6.07) is 13.2. The number of thiazole rings is 1. The standard InChI is InChI=1S/C17H14F2N2OS/c1-11-16(10-20-12-5-3-2-4-6-12)23-17(21-11)22-13-7-8-14(18)15(19)9-13/h2-9,20H,10H2,1H3. The highest BCUT2D eigenvalue weighted by atomic mass is 32.1. The SMILES string of the molecule is Cc1nc(Oc2ccc(F)c(F)c2)sc1CNc1ccccc1. The van der Waals surface area contributed by atoms with E-state index in [0.29, 0.717) is 11.7 Å². The van der Waals surface area contributed by atoms with Crippen molar-refractivity contribution in [3.05, 3.63) is 70.7 Å². The first-order valence-electron chi connectivity index (χ1n) is 7.00. The molecule has 1 N–H and O–H groups in total. The molecule has 3 nitrogen and oxygen atoms in total. The molecule has 0 aliphatic heterocycles. The van der Waals surface area contributed by atoms with Gasteiger partial charge in [-0.05, 0) is 31.2 Å². The number of aryl methyl sites for hydroxylation is 1. The lowest BCUT2D eigenvalue weighted by atomic mass is 10.3. The summed E-state index contributed by atoms with van der Waals surface area (Å²) < 4.78 is 31.6. The van der Waals surface area contributed by atoms with Crippen molar-refractivity contribution in [1.29, 1.82) is 0 Å². The van der Waals surface area contributed by atoms with Gasteiger partial charge in [0.25, 0.3) is 5.19 Å². The van der Waals surface area contributed by atoms with Crippen LogP contribution in [0.5, 0.6) is 10.9 Å². The molecule has 3 aromatic rings. The maximum Gasteiger partial charge on any atom is 0.279 e. The Morgan fingerprint density at radius 2 is 1.87 bits per heavy atom. The van der Waals surface area contributed by atoms with Gasteiger partial charge in [0, 0.05) is 11.8 Å². The van der Waals surface area contributed by atoms with E-state index >= 15 is 0 Å². The molecule has 118 valence electrons. The fourth-order valence-electron chi connectivity index (χ4n) is 1.99. The van der Waals surface area contributed by atoms with Gasteiger partial charge in [-0.15, -0.1) is 0 Å². The first-order chi connectivity index (χ1) is 11.1. The zero-order valence-corrected chi connectivity index (χ0v) is 13.2. The number of rotatable bonds is 5.